The molecule has 0 fully saturated rings. The summed E-state index contributed by atoms with van der Waals surface area (Å²) < 4.78 is 29.6. The van der Waals surface area contributed by atoms with Gasteiger partial charge in [-0.05, 0) is 90.4 Å². The lowest BCUT2D eigenvalue weighted by molar-refractivity contribution is -0.140. The first-order valence-electron chi connectivity index (χ1n) is 12.7. The summed E-state index contributed by atoms with van der Waals surface area (Å²) in [6.07, 6.45) is 1.07. The molecule has 3 rings (SSSR count). The smallest absolute Gasteiger partial charge is 0.264 e. The highest BCUT2D eigenvalue weighted by molar-refractivity contribution is 14.1. The fourth-order valence-corrected chi connectivity index (χ4v) is 6.02. The molecule has 2 atom stereocenters. The van der Waals surface area contributed by atoms with Crippen LogP contribution < -0.4 is 9.62 Å². The van der Waals surface area contributed by atoms with Crippen LogP contribution in [0.5, 0.6) is 0 Å². The number of rotatable bonds is 12. The van der Waals surface area contributed by atoms with Crippen molar-refractivity contribution in [1.29, 1.82) is 0 Å². The minimum absolute atomic E-state index is 0.0524. The van der Waals surface area contributed by atoms with Crippen LogP contribution in [-0.2, 0) is 26.2 Å². The molecule has 3 aromatic carbocycles. The van der Waals surface area contributed by atoms with Gasteiger partial charge in [-0.3, -0.25) is 13.9 Å². The Morgan fingerprint density at radius 2 is 1.54 bits per heavy atom. The van der Waals surface area contributed by atoms with Crippen molar-refractivity contribution in [3.8, 4) is 0 Å². The molecule has 3 aromatic rings. The maximum atomic E-state index is 14.0. The van der Waals surface area contributed by atoms with Gasteiger partial charge in [0.05, 0.1) is 10.6 Å². The number of nitrogens with one attached hydrogen (secondary N) is 1. The average Bonchev–Trinajstić information content (AvgIpc) is 2.93. The maximum Gasteiger partial charge on any atom is 0.264 e. The third-order valence-electron chi connectivity index (χ3n) is 6.41. The molecule has 0 radical (unpaired) electrons. The van der Waals surface area contributed by atoms with Gasteiger partial charge in [0.1, 0.15) is 12.6 Å². The van der Waals surface area contributed by atoms with E-state index >= 15 is 0 Å². The number of hydrogen-bond donors (Lipinski definition) is 1. The minimum atomic E-state index is -4.10. The number of anilines is 1. The van der Waals surface area contributed by atoms with Gasteiger partial charge in [-0.1, -0.05) is 61.8 Å². The van der Waals surface area contributed by atoms with Gasteiger partial charge in [-0.25, -0.2) is 8.42 Å². The molecular formula is C29H33ClIN3O4S. The van der Waals surface area contributed by atoms with Gasteiger partial charge in [0, 0.05) is 21.2 Å². The molecule has 0 heterocycles. The number of nitrogens with zero attached hydrogens (tertiary/aromatic N) is 2. The SMILES string of the molecule is CC[C@H](C)NC(=O)[C@H](CC)N(Cc1ccccc1Cl)C(=O)CN(c1ccc(I)cc1)S(=O)(=O)c1ccccc1. The number of amides is 2. The second-order valence-corrected chi connectivity index (χ2v) is 12.7. The Bertz CT molecular complexity index is 1370. The molecule has 208 valence electrons. The van der Waals surface area contributed by atoms with Crippen LogP contribution >= 0.6 is 34.2 Å². The molecule has 0 bridgehead atoms. The Balaban J connectivity index is 2.05. The van der Waals surface area contributed by atoms with Gasteiger partial charge in [-0.2, -0.15) is 0 Å². The quantitative estimate of drug-likeness (QED) is 0.243. The molecule has 0 spiro atoms. The molecule has 10 heteroatoms. The fraction of sp³-hybridized carbons (Fsp3) is 0.310. The zero-order valence-corrected chi connectivity index (χ0v) is 25.9. The molecule has 0 saturated heterocycles. The van der Waals surface area contributed by atoms with E-state index in [9.17, 15) is 18.0 Å². The molecule has 0 aliphatic heterocycles. The van der Waals surface area contributed by atoms with Gasteiger partial charge in [-0.15, -0.1) is 0 Å². The summed E-state index contributed by atoms with van der Waals surface area (Å²) in [4.78, 5) is 28.8. The van der Waals surface area contributed by atoms with Crippen LogP contribution in [0.4, 0.5) is 5.69 Å². The third-order valence-corrected chi connectivity index (χ3v) is 9.29. The van der Waals surface area contributed by atoms with E-state index in [2.05, 4.69) is 27.9 Å². The standard InChI is InChI=1S/C29H33ClIN3O4S/c1-4-21(3)32-29(36)27(5-2)33(19-22-11-9-10-14-26(22)30)28(35)20-34(24-17-15-23(31)16-18-24)39(37,38)25-12-7-6-8-13-25/h6-18,21,27H,4-5,19-20H2,1-3H3,(H,32,36)/t21-,27-/m0/s1. The van der Waals surface area contributed by atoms with Crippen molar-refractivity contribution >= 4 is 61.7 Å². The highest BCUT2D eigenvalue weighted by Crippen LogP contribution is 2.26. The molecule has 39 heavy (non-hydrogen) atoms. The molecule has 1 N–H and O–H groups in total. The van der Waals surface area contributed by atoms with Gasteiger partial charge in [0.15, 0.2) is 0 Å². The van der Waals surface area contributed by atoms with E-state index in [4.69, 9.17) is 11.6 Å². The molecule has 2 amide bonds. The maximum absolute atomic E-state index is 14.0. The Labute approximate surface area is 249 Å². The van der Waals surface area contributed by atoms with Crippen LogP contribution in [0.25, 0.3) is 0 Å². The Morgan fingerprint density at radius 1 is 0.923 bits per heavy atom. The molecular weight excluding hydrogens is 649 g/mol. The largest absolute Gasteiger partial charge is 0.352 e. The van der Waals surface area contributed by atoms with Gasteiger partial charge < -0.3 is 10.2 Å². The van der Waals surface area contributed by atoms with Crippen molar-refractivity contribution in [2.45, 2.75) is 57.1 Å². The molecule has 7 nitrogen and oxygen atoms in total. The Morgan fingerprint density at radius 3 is 2.13 bits per heavy atom. The number of carbonyl (C=O) groups excluding carboxylic acids is 2. The molecule has 0 aliphatic rings. The number of halogens is 2. The van der Waals surface area contributed by atoms with Crippen molar-refractivity contribution in [3.63, 3.8) is 0 Å². The van der Waals surface area contributed by atoms with E-state index < -0.39 is 28.5 Å². The van der Waals surface area contributed by atoms with Crippen LogP contribution in [0.15, 0.2) is 83.8 Å². The number of hydrogen-bond acceptors (Lipinski definition) is 4. The van der Waals surface area contributed by atoms with Gasteiger partial charge >= 0.3 is 0 Å². The van der Waals surface area contributed by atoms with Crippen molar-refractivity contribution in [2.24, 2.45) is 0 Å². The lowest BCUT2D eigenvalue weighted by Crippen LogP contribution is -2.53. The second kappa shape index (κ2) is 14.1. The molecule has 0 unspecified atom stereocenters. The lowest BCUT2D eigenvalue weighted by Gasteiger charge is -2.34. The van der Waals surface area contributed by atoms with E-state index in [1.807, 2.05) is 26.8 Å². The highest BCUT2D eigenvalue weighted by atomic mass is 127. The summed E-state index contributed by atoms with van der Waals surface area (Å²) in [5, 5.41) is 3.42. The first-order chi connectivity index (χ1) is 18.6. The van der Waals surface area contributed by atoms with E-state index in [1.165, 1.54) is 17.0 Å². The second-order valence-electron chi connectivity index (χ2n) is 9.16. The normalized spacial score (nSPS) is 12.8. The first-order valence-corrected chi connectivity index (χ1v) is 15.6. The van der Waals surface area contributed by atoms with Crippen molar-refractivity contribution in [1.82, 2.24) is 10.2 Å². The number of carbonyl (C=O) groups is 2. The van der Waals surface area contributed by atoms with Crippen molar-refractivity contribution < 1.29 is 18.0 Å². The van der Waals surface area contributed by atoms with Crippen molar-refractivity contribution in [2.75, 3.05) is 10.8 Å². The predicted molar refractivity (Wildman–Crippen MR) is 164 cm³/mol. The Kier molecular flexibility index (Phi) is 11.2. The summed E-state index contributed by atoms with van der Waals surface area (Å²) >= 11 is 8.57. The summed E-state index contributed by atoms with van der Waals surface area (Å²) in [6.45, 7) is 5.25. The summed E-state index contributed by atoms with van der Waals surface area (Å²) in [6, 6.07) is 21.1. The molecule has 0 saturated carbocycles. The monoisotopic (exact) mass is 681 g/mol. The van der Waals surface area contributed by atoms with E-state index in [-0.39, 0.29) is 23.4 Å². The van der Waals surface area contributed by atoms with Crippen LogP contribution in [0.2, 0.25) is 5.02 Å². The van der Waals surface area contributed by atoms with Gasteiger partial charge in [0.2, 0.25) is 11.8 Å². The van der Waals surface area contributed by atoms with Gasteiger partial charge in [0.25, 0.3) is 10.0 Å². The van der Waals surface area contributed by atoms with E-state index in [0.717, 1.165) is 14.3 Å². The Hall–Kier alpha value is -2.63. The zero-order chi connectivity index (χ0) is 28.6. The van der Waals surface area contributed by atoms with Crippen LogP contribution in [-0.4, -0.2) is 43.8 Å². The summed E-state index contributed by atoms with van der Waals surface area (Å²) in [7, 11) is -4.10. The van der Waals surface area contributed by atoms with Crippen LogP contribution in [0.1, 0.15) is 39.2 Å². The first kappa shape index (κ1) is 30.9. The summed E-state index contributed by atoms with van der Waals surface area (Å²) in [5.74, 6) is -0.807. The average molecular weight is 682 g/mol. The summed E-state index contributed by atoms with van der Waals surface area (Å²) in [5.41, 5.74) is 1.01. The van der Waals surface area contributed by atoms with Crippen LogP contribution in [0, 0.1) is 3.57 Å². The lowest BCUT2D eigenvalue weighted by atomic mass is 10.1. The fourth-order valence-electron chi connectivity index (χ4n) is 4.03. The predicted octanol–water partition coefficient (Wildman–Crippen LogP) is 5.86. The molecule has 0 aromatic heterocycles. The van der Waals surface area contributed by atoms with Crippen LogP contribution in [0.3, 0.4) is 0 Å². The minimum Gasteiger partial charge on any atom is -0.352 e. The number of benzene rings is 3. The van der Waals surface area contributed by atoms with E-state index in [1.54, 1.807) is 60.7 Å². The number of sulfonamides is 1. The van der Waals surface area contributed by atoms with E-state index in [0.29, 0.717) is 22.7 Å². The zero-order valence-electron chi connectivity index (χ0n) is 22.2. The van der Waals surface area contributed by atoms with Crippen molar-refractivity contribution in [3.05, 3.63) is 93.0 Å². The third kappa shape index (κ3) is 7.95. The molecule has 0 aliphatic carbocycles. The highest BCUT2D eigenvalue weighted by Gasteiger charge is 2.34. The topological polar surface area (TPSA) is 86.8 Å².